The third-order valence-corrected chi connectivity index (χ3v) is 3.49. The molecule has 0 radical (unpaired) electrons. The summed E-state index contributed by atoms with van der Waals surface area (Å²) in [6.07, 6.45) is 5.28. The lowest BCUT2D eigenvalue weighted by Crippen LogP contribution is -2.50. The minimum Gasteiger partial charge on any atom is -0.322 e. The van der Waals surface area contributed by atoms with Crippen LogP contribution in [0.1, 0.15) is 17.3 Å². The predicted molar refractivity (Wildman–Crippen MR) is 82.3 cm³/mol. The van der Waals surface area contributed by atoms with Crippen molar-refractivity contribution in [3.63, 3.8) is 0 Å². The van der Waals surface area contributed by atoms with Crippen molar-refractivity contribution >= 4 is 17.5 Å². The van der Waals surface area contributed by atoms with Crippen molar-refractivity contribution < 1.29 is 9.59 Å². The number of carbonyl (C=O) groups is 2. The van der Waals surface area contributed by atoms with E-state index in [2.05, 4.69) is 16.1 Å². The highest BCUT2D eigenvalue weighted by Crippen LogP contribution is 2.12. The number of rotatable bonds is 3. The van der Waals surface area contributed by atoms with E-state index in [1.165, 1.54) is 6.92 Å². The first-order valence-electron chi connectivity index (χ1n) is 6.93. The number of ketones is 1. The molecule has 1 aliphatic heterocycles. The van der Waals surface area contributed by atoms with E-state index in [1.807, 2.05) is 0 Å². The fourth-order valence-electron chi connectivity index (χ4n) is 2.26. The molecule has 1 heterocycles. The Kier molecular flexibility index (Phi) is 4.96. The second-order valence-electron chi connectivity index (χ2n) is 5.03. The Labute approximate surface area is 124 Å². The van der Waals surface area contributed by atoms with Crippen molar-refractivity contribution in [3.05, 3.63) is 29.8 Å². The van der Waals surface area contributed by atoms with Gasteiger partial charge < -0.3 is 10.2 Å². The van der Waals surface area contributed by atoms with Crippen LogP contribution in [0.25, 0.3) is 0 Å². The molecule has 0 unspecified atom stereocenters. The van der Waals surface area contributed by atoms with Crippen molar-refractivity contribution in [2.75, 3.05) is 38.0 Å². The molecule has 0 aliphatic carbocycles. The van der Waals surface area contributed by atoms with Crippen LogP contribution in [0.5, 0.6) is 0 Å². The van der Waals surface area contributed by atoms with Gasteiger partial charge in [0, 0.05) is 37.4 Å². The monoisotopic (exact) mass is 285 g/mol. The van der Waals surface area contributed by atoms with E-state index in [0.29, 0.717) is 30.9 Å². The lowest BCUT2D eigenvalue weighted by atomic mass is 10.1. The molecule has 1 fully saturated rings. The SMILES string of the molecule is C#CCN1CCN(C(=O)Nc2cccc(C(C)=O)c2)CC1. The summed E-state index contributed by atoms with van der Waals surface area (Å²) in [6, 6.07) is 6.82. The third kappa shape index (κ3) is 4.07. The highest BCUT2D eigenvalue weighted by molar-refractivity contribution is 5.96. The number of piperazine rings is 1. The van der Waals surface area contributed by atoms with Crippen molar-refractivity contribution in [2.45, 2.75) is 6.92 Å². The number of amides is 2. The van der Waals surface area contributed by atoms with Crippen LogP contribution in [0.15, 0.2) is 24.3 Å². The highest BCUT2D eigenvalue weighted by Gasteiger charge is 2.20. The quantitative estimate of drug-likeness (QED) is 0.679. The van der Waals surface area contributed by atoms with Gasteiger partial charge in [0.1, 0.15) is 0 Å². The summed E-state index contributed by atoms with van der Waals surface area (Å²) < 4.78 is 0. The number of terminal acetylenes is 1. The molecule has 1 N–H and O–H groups in total. The topological polar surface area (TPSA) is 52.6 Å². The largest absolute Gasteiger partial charge is 0.322 e. The number of nitrogens with one attached hydrogen (secondary N) is 1. The van der Waals surface area contributed by atoms with Gasteiger partial charge in [0.05, 0.1) is 6.54 Å². The molecule has 0 bridgehead atoms. The van der Waals surface area contributed by atoms with Crippen molar-refractivity contribution in [2.24, 2.45) is 0 Å². The minimum absolute atomic E-state index is 0.0194. The predicted octanol–water partition coefficient (Wildman–Crippen LogP) is 1.67. The van der Waals surface area contributed by atoms with Crippen molar-refractivity contribution in [1.29, 1.82) is 0 Å². The summed E-state index contributed by atoms with van der Waals surface area (Å²) in [7, 11) is 0. The molecule has 0 spiro atoms. The Bertz CT molecular complexity index is 569. The molecule has 2 amide bonds. The normalized spacial score (nSPS) is 15.3. The van der Waals surface area contributed by atoms with Gasteiger partial charge in [0.2, 0.25) is 0 Å². The van der Waals surface area contributed by atoms with Crippen LogP contribution >= 0.6 is 0 Å². The lowest BCUT2D eigenvalue weighted by Gasteiger charge is -2.33. The van der Waals surface area contributed by atoms with Crippen LogP contribution in [0.4, 0.5) is 10.5 Å². The standard InChI is InChI=1S/C16H19N3O2/c1-3-7-18-8-10-19(11-9-18)16(21)17-15-6-4-5-14(12-15)13(2)20/h1,4-6,12H,7-11H2,2H3,(H,17,21). The molecular formula is C16H19N3O2. The van der Waals surface area contributed by atoms with E-state index in [4.69, 9.17) is 6.42 Å². The minimum atomic E-state index is -0.143. The number of anilines is 1. The maximum atomic E-state index is 12.2. The van der Waals surface area contributed by atoms with E-state index in [1.54, 1.807) is 29.2 Å². The molecule has 21 heavy (non-hydrogen) atoms. The molecule has 5 heteroatoms. The Morgan fingerprint density at radius 1 is 1.29 bits per heavy atom. The number of hydrogen-bond donors (Lipinski definition) is 1. The van der Waals surface area contributed by atoms with Crippen LogP contribution in [0.3, 0.4) is 0 Å². The van der Waals surface area contributed by atoms with Crippen molar-refractivity contribution in [1.82, 2.24) is 9.80 Å². The van der Waals surface area contributed by atoms with E-state index >= 15 is 0 Å². The molecule has 1 saturated heterocycles. The van der Waals surface area contributed by atoms with Gasteiger partial charge in [-0.25, -0.2) is 4.79 Å². The number of urea groups is 1. The first kappa shape index (κ1) is 15.1. The summed E-state index contributed by atoms with van der Waals surface area (Å²) in [4.78, 5) is 27.4. The first-order valence-corrected chi connectivity index (χ1v) is 6.93. The lowest BCUT2D eigenvalue weighted by molar-refractivity contribution is 0.101. The number of nitrogens with zero attached hydrogens (tertiary/aromatic N) is 2. The zero-order valence-corrected chi connectivity index (χ0v) is 12.1. The molecule has 5 nitrogen and oxygen atoms in total. The highest BCUT2D eigenvalue weighted by atomic mass is 16.2. The Morgan fingerprint density at radius 2 is 2.00 bits per heavy atom. The summed E-state index contributed by atoms with van der Waals surface area (Å²) in [5.74, 6) is 2.59. The number of carbonyl (C=O) groups excluding carboxylic acids is 2. The summed E-state index contributed by atoms with van der Waals surface area (Å²) >= 11 is 0. The molecule has 0 aromatic heterocycles. The van der Waals surface area contributed by atoms with Crippen LogP contribution < -0.4 is 5.32 Å². The van der Waals surface area contributed by atoms with Gasteiger partial charge in [-0.1, -0.05) is 18.1 Å². The second-order valence-corrected chi connectivity index (χ2v) is 5.03. The third-order valence-electron chi connectivity index (χ3n) is 3.49. The maximum absolute atomic E-state index is 12.2. The average molecular weight is 285 g/mol. The van der Waals surface area contributed by atoms with Gasteiger partial charge in [-0.15, -0.1) is 6.42 Å². The molecular weight excluding hydrogens is 266 g/mol. The van der Waals surface area contributed by atoms with E-state index in [-0.39, 0.29) is 11.8 Å². The fraction of sp³-hybridized carbons (Fsp3) is 0.375. The molecule has 0 atom stereocenters. The molecule has 110 valence electrons. The van der Waals surface area contributed by atoms with Crippen LogP contribution in [0, 0.1) is 12.3 Å². The Morgan fingerprint density at radius 3 is 2.62 bits per heavy atom. The number of hydrogen-bond acceptors (Lipinski definition) is 3. The van der Waals surface area contributed by atoms with Crippen LogP contribution in [0.2, 0.25) is 0 Å². The summed E-state index contributed by atoms with van der Waals surface area (Å²) in [5, 5.41) is 2.83. The van der Waals surface area contributed by atoms with Gasteiger partial charge in [-0.3, -0.25) is 9.69 Å². The number of benzene rings is 1. The van der Waals surface area contributed by atoms with E-state index in [0.717, 1.165) is 13.1 Å². The zero-order valence-electron chi connectivity index (χ0n) is 12.1. The van der Waals surface area contributed by atoms with E-state index in [9.17, 15) is 9.59 Å². The van der Waals surface area contributed by atoms with Gasteiger partial charge >= 0.3 is 6.03 Å². The molecule has 1 aliphatic rings. The molecule has 2 rings (SSSR count). The summed E-state index contributed by atoms with van der Waals surface area (Å²) in [6.45, 7) is 5.00. The van der Waals surface area contributed by atoms with Crippen molar-refractivity contribution in [3.8, 4) is 12.3 Å². The van der Waals surface area contributed by atoms with Crippen LogP contribution in [-0.4, -0.2) is 54.3 Å². The van der Waals surface area contributed by atoms with Gasteiger partial charge in [-0.05, 0) is 19.1 Å². The molecule has 1 aromatic rings. The fourth-order valence-corrected chi connectivity index (χ4v) is 2.26. The van der Waals surface area contributed by atoms with Crippen LogP contribution in [-0.2, 0) is 0 Å². The summed E-state index contributed by atoms with van der Waals surface area (Å²) in [5.41, 5.74) is 1.23. The zero-order chi connectivity index (χ0) is 15.2. The Hall–Kier alpha value is -2.32. The average Bonchev–Trinajstić information content (AvgIpc) is 2.48. The smallest absolute Gasteiger partial charge is 0.321 e. The Balaban J connectivity index is 1.92. The first-order chi connectivity index (χ1) is 10.1. The number of Topliss-reactive ketones (excluding diaryl/α,β-unsaturated/α-hetero) is 1. The van der Waals surface area contributed by atoms with E-state index < -0.39 is 0 Å². The molecule has 1 aromatic carbocycles. The second kappa shape index (κ2) is 6.91. The van der Waals surface area contributed by atoms with Gasteiger partial charge in [-0.2, -0.15) is 0 Å². The van der Waals surface area contributed by atoms with Gasteiger partial charge in [0.15, 0.2) is 5.78 Å². The molecule has 0 saturated carbocycles. The maximum Gasteiger partial charge on any atom is 0.321 e. The van der Waals surface area contributed by atoms with Gasteiger partial charge in [0.25, 0.3) is 0 Å².